The molecule has 88 valence electrons. The molecule has 16 heavy (non-hydrogen) atoms. The van der Waals surface area contributed by atoms with Crippen molar-refractivity contribution in [2.75, 3.05) is 12.9 Å². The van der Waals surface area contributed by atoms with Crippen molar-refractivity contribution in [2.24, 2.45) is 0 Å². The number of hydrogen-bond donors (Lipinski definition) is 1. The molecule has 0 spiro atoms. The smallest absolute Gasteiger partial charge is 0.306 e. The summed E-state index contributed by atoms with van der Waals surface area (Å²) in [6.45, 7) is 1.74. The minimum atomic E-state index is -0.436. The third-order valence-corrected chi connectivity index (χ3v) is 3.18. The van der Waals surface area contributed by atoms with E-state index in [1.54, 1.807) is 18.7 Å². The Kier molecular flexibility index (Phi) is 5.35. The van der Waals surface area contributed by atoms with Gasteiger partial charge in [-0.25, -0.2) is 0 Å². The summed E-state index contributed by atoms with van der Waals surface area (Å²) in [5, 5.41) is 9.33. The first-order valence-corrected chi connectivity index (χ1v) is 6.09. The Labute approximate surface area is 99.8 Å². The van der Waals surface area contributed by atoms with Crippen LogP contribution in [0.1, 0.15) is 25.0 Å². The van der Waals surface area contributed by atoms with E-state index in [9.17, 15) is 9.90 Å². The topological polar surface area (TPSA) is 46.5 Å². The van der Waals surface area contributed by atoms with Crippen LogP contribution in [0.3, 0.4) is 0 Å². The summed E-state index contributed by atoms with van der Waals surface area (Å²) in [4.78, 5) is 12.0. The molecule has 0 fully saturated rings. The number of methoxy groups -OCH3 is 1. The molecule has 0 heterocycles. The summed E-state index contributed by atoms with van der Waals surface area (Å²) in [6.07, 6.45) is -0.0200. The van der Waals surface area contributed by atoms with E-state index in [0.717, 1.165) is 10.5 Å². The molecule has 0 saturated heterocycles. The van der Waals surface area contributed by atoms with Crippen molar-refractivity contribution < 1.29 is 14.6 Å². The van der Waals surface area contributed by atoms with Gasteiger partial charge in [0.05, 0.1) is 19.6 Å². The Hall–Kier alpha value is -1.00. The van der Waals surface area contributed by atoms with Gasteiger partial charge in [-0.15, -0.1) is 11.8 Å². The van der Waals surface area contributed by atoms with Crippen LogP contribution in [0.25, 0.3) is 0 Å². The van der Waals surface area contributed by atoms with Crippen LogP contribution < -0.4 is 0 Å². The number of aliphatic hydroxyl groups excluding tert-OH is 1. The van der Waals surface area contributed by atoms with E-state index in [2.05, 4.69) is 4.74 Å². The van der Waals surface area contributed by atoms with Crippen LogP contribution >= 0.6 is 11.8 Å². The van der Waals surface area contributed by atoms with Crippen molar-refractivity contribution in [3.63, 3.8) is 0 Å². The zero-order valence-corrected chi connectivity index (χ0v) is 10.3. The fourth-order valence-electron chi connectivity index (χ4n) is 1.20. The summed E-state index contributed by atoms with van der Waals surface area (Å²) in [7, 11) is 1.39. The lowest BCUT2D eigenvalue weighted by Crippen LogP contribution is -2.00. The number of carbonyl (C=O) groups excluding carboxylic acids is 1. The van der Waals surface area contributed by atoms with Gasteiger partial charge in [-0.2, -0.15) is 0 Å². The number of aliphatic hydroxyl groups is 1. The Morgan fingerprint density at radius 3 is 2.56 bits per heavy atom. The third-order valence-electron chi connectivity index (χ3n) is 2.17. The summed E-state index contributed by atoms with van der Waals surface area (Å²) in [5.41, 5.74) is 0.900. The third kappa shape index (κ3) is 4.24. The van der Waals surface area contributed by atoms with Gasteiger partial charge in [0.2, 0.25) is 0 Å². The maximum atomic E-state index is 10.9. The monoisotopic (exact) mass is 240 g/mol. The maximum Gasteiger partial charge on any atom is 0.306 e. The van der Waals surface area contributed by atoms with Gasteiger partial charge in [-0.05, 0) is 24.6 Å². The normalized spacial score (nSPS) is 12.2. The van der Waals surface area contributed by atoms with E-state index in [1.165, 1.54) is 7.11 Å². The van der Waals surface area contributed by atoms with Gasteiger partial charge in [-0.1, -0.05) is 12.1 Å². The van der Waals surface area contributed by atoms with Crippen molar-refractivity contribution in [2.45, 2.75) is 24.3 Å². The van der Waals surface area contributed by atoms with E-state index in [4.69, 9.17) is 0 Å². The van der Waals surface area contributed by atoms with E-state index in [1.807, 2.05) is 24.3 Å². The molecule has 1 atom stereocenters. The predicted molar refractivity (Wildman–Crippen MR) is 64.4 cm³/mol. The summed E-state index contributed by atoms with van der Waals surface area (Å²) < 4.78 is 4.55. The predicted octanol–water partition coefficient (Wildman–Crippen LogP) is 2.40. The van der Waals surface area contributed by atoms with Gasteiger partial charge in [0, 0.05) is 10.6 Å². The van der Waals surface area contributed by atoms with Gasteiger partial charge >= 0.3 is 5.97 Å². The van der Waals surface area contributed by atoms with E-state index >= 15 is 0 Å². The van der Waals surface area contributed by atoms with E-state index < -0.39 is 6.10 Å². The minimum absolute atomic E-state index is 0.187. The highest BCUT2D eigenvalue weighted by molar-refractivity contribution is 7.99. The van der Waals surface area contributed by atoms with Crippen LogP contribution in [0, 0.1) is 0 Å². The molecule has 1 rings (SSSR count). The van der Waals surface area contributed by atoms with Gasteiger partial charge in [0.25, 0.3) is 0 Å². The SMILES string of the molecule is COC(=O)CCSc1ccc([C@H](C)O)cc1. The fraction of sp³-hybridized carbons (Fsp3) is 0.417. The standard InChI is InChI=1S/C12H16O3S/c1-9(13)10-3-5-11(6-4-10)16-8-7-12(14)15-2/h3-6,9,13H,7-8H2,1-2H3/t9-/m0/s1. The molecular formula is C12H16O3S. The average Bonchev–Trinajstić information content (AvgIpc) is 2.29. The van der Waals surface area contributed by atoms with Crippen LogP contribution in [-0.4, -0.2) is 23.9 Å². The largest absolute Gasteiger partial charge is 0.469 e. The molecule has 0 aliphatic heterocycles. The van der Waals surface area contributed by atoms with Crippen LogP contribution in [0.15, 0.2) is 29.2 Å². The molecule has 0 radical (unpaired) electrons. The number of ether oxygens (including phenoxy) is 1. The summed E-state index contributed by atoms with van der Waals surface area (Å²) in [5.74, 6) is 0.522. The Bertz CT molecular complexity index is 333. The second kappa shape index (κ2) is 6.55. The lowest BCUT2D eigenvalue weighted by molar-refractivity contribution is -0.140. The number of carbonyl (C=O) groups is 1. The highest BCUT2D eigenvalue weighted by Gasteiger charge is 2.02. The number of rotatable bonds is 5. The molecule has 3 nitrogen and oxygen atoms in total. The molecule has 0 saturated carbocycles. The Balaban J connectivity index is 2.40. The number of esters is 1. The number of thioether (sulfide) groups is 1. The van der Waals surface area contributed by atoms with E-state index in [0.29, 0.717) is 12.2 Å². The first-order valence-electron chi connectivity index (χ1n) is 5.11. The maximum absolute atomic E-state index is 10.9. The molecule has 1 aromatic carbocycles. The average molecular weight is 240 g/mol. The molecule has 1 N–H and O–H groups in total. The fourth-order valence-corrected chi connectivity index (χ4v) is 2.03. The van der Waals surface area contributed by atoms with Gasteiger partial charge in [0.15, 0.2) is 0 Å². The van der Waals surface area contributed by atoms with E-state index in [-0.39, 0.29) is 5.97 Å². The molecule has 1 aromatic rings. The number of benzene rings is 1. The molecule has 0 amide bonds. The minimum Gasteiger partial charge on any atom is -0.469 e. The molecule has 0 bridgehead atoms. The molecule has 0 aliphatic carbocycles. The first-order chi connectivity index (χ1) is 7.63. The highest BCUT2D eigenvalue weighted by Crippen LogP contribution is 2.21. The van der Waals surface area contributed by atoms with Gasteiger partial charge in [-0.3, -0.25) is 4.79 Å². The van der Waals surface area contributed by atoms with Crippen LogP contribution in [-0.2, 0) is 9.53 Å². The zero-order chi connectivity index (χ0) is 12.0. The lowest BCUT2D eigenvalue weighted by Gasteiger charge is -2.05. The molecule has 4 heteroatoms. The van der Waals surface area contributed by atoms with Crippen LogP contribution in [0.4, 0.5) is 0 Å². The second-order valence-corrected chi connectivity index (χ2v) is 4.59. The lowest BCUT2D eigenvalue weighted by atomic mass is 10.1. The van der Waals surface area contributed by atoms with Crippen molar-refractivity contribution in [1.82, 2.24) is 0 Å². The quantitative estimate of drug-likeness (QED) is 0.634. The summed E-state index contributed by atoms with van der Waals surface area (Å²) >= 11 is 1.60. The van der Waals surface area contributed by atoms with Crippen molar-refractivity contribution >= 4 is 17.7 Å². The Morgan fingerprint density at radius 1 is 1.44 bits per heavy atom. The summed E-state index contributed by atoms with van der Waals surface area (Å²) in [6, 6.07) is 7.68. The highest BCUT2D eigenvalue weighted by atomic mass is 32.2. The Morgan fingerprint density at radius 2 is 2.06 bits per heavy atom. The van der Waals surface area contributed by atoms with Gasteiger partial charge < -0.3 is 9.84 Å². The van der Waals surface area contributed by atoms with Gasteiger partial charge in [0.1, 0.15) is 0 Å². The zero-order valence-electron chi connectivity index (χ0n) is 9.47. The first kappa shape index (κ1) is 13.1. The number of hydrogen-bond acceptors (Lipinski definition) is 4. The molecule has 0 unspecified atom stereocenters. The molecule has 0 aliphatic rings. The van der Waals surface area contributed by atoms with Crippen LogP contribution in [0.5, 0.6) is 0 Å². The van der Waals surface area contributed by atoms with Crippen molar-refractivity contribution in [1.29, 1.82) is 0 Å². The molecule has 0 aromatic heterocycles. The van der Waals surface area contributed by atoms with Crippen molar-refractivity contribution in [3.05, 3.63) is 29.8 Å². The second-order valence-electron chi connectivity index (χ2n) is 3.42. The van der Waals surface area contributed by atoms with Crippen molar-refractivity contribution in [3.8, 4) is 0 Å². The molecular weight excluding hydrogens is 224 g/mol. The van der Waals surface area contributed by atoms with Crippen LogP contribution in [0.2, 0.25) is 0 Å².